The van der Waals surface area contributed by atoms with E-state index >= 15 is 0 Å². The predicted molar refractivity (Wildman–Crippen MR) is 76.2 cm³/mol. The minimum absolute atomic E-state index is 0.0317. The van der Waals surface area contributed by atoms with E-state index in [0.717, 1.165) is 0 Å². The summed E-state index contributed by atoms with van der Waals surface area (Å²) in [5.74, 6) is -0.396. The van der Waals surface area contributed by atoms with Crippen LogP contribution in [0.3, 0.4) is 0 Å². The smallest absolute Gasteiger partial charge is 0.305 e. The number of carbonyl (C=O) groups is 1. The van der Waals surface area contributed by atoms with Gasteiger partial charge in [-0.15, -0.1) is 0 Å². The van der Waals surface area contributed by atoms with E-state index in [9.17, 15) is 13.2 Å². The number of ether oxygens (including phenoxy) is 2. The monoisotopic (exact) mass is 312 g/mol. The summed E-state index contributed by atoms with van der Waals surface area (Å²) in [5, 5.41) is 8.49. The molecule has 1 rings (SSSR count). The van der Waals surface area contributed by atoms with E-state index < -0.39 is 16.0 Å². The van der Waals surface area contributed by atoms with Gasteiger partial charge in [-0.05, 0) is 18.6 Å². The summed E-state index contributed by atoms with van der Waals surface area (Å²) in [6.45, 7) is -0.179. The van der Waals surface area contributed by atoms with Gasteiger partial charge in [0.1, 0.15) is 11.8 Å². The van der Waals surface area contributed by atoms with Crippen molar-refractivity contribution in [3.63, 3.8) is 0 Å². The van der Waals surface area contributed by atoms with Crippen LogP contribution in [0.2, 0.25) is 0 Å². The summed E-state index contributed by atoms with van der Waals surface area (Å²) in [6, 6.07) is 8.21. The van der Waals surface area contributed by atoms with Gasteiger partial charge in [0.2, 0.25) is 10.0 Å². The van der Waals surface area contributed by atoms with Crippen molar-refractivity contribution in [1.82, 2.24) is 0 Å². The molecule has 0 bridgehead atoms. The third-order valence-corrected chi connectivity index (χ3v) is 3.82. The number of benzene rings is 1. The zero-order chi connectivity index (χ0) is 15.7. The van der Waals surface area contributed by atoms with Gasteiger partial charge >= 0.3 is 5.97 Å². The fraction of sp³-hybridized carbons (Fsp3) is 0.385. The minimum Gasteiger partial charge on any atom is -0.477 e. The van der Waals surface area contributed by atoms with E-state index in [1.165, 1.54) is 13.2 Å². The molecule has 1 aromatic carbocycles. The minimum atomic E-state index is -3.61. The van der Waals surface area contributed by atoms with Crippen molar-refractivity contribution in [3.05, 3.63) is 24.3 Å². The van der Waals surface area contributed by atoms with Crippen LogP contribution in [0.4, 0.5) is 5.69 Å². The Balaban J connectivity index is 2.67. The molecule has 0 atom stereocenters. The van der Waals surface area contributed by atoms with Crippen LogP contribution in [-0.2, 0) is 19.6 Å². The first-order valence-electron chi connectivity index (χ1n) is 6.14. The van der Waals surface area contributed by atoms with Crippen molar-refractivity contribution in [2.75, 3.05) is 24.2 Å². The highest BCUT2D eigenvalue weighted by Crippen LogP contribution is 2.24. The third kappa shape index (κ3) is 6.14. The van der Waals surface area contributed by atoms with Crippen LogP contribution in [0.25, 0.3) is 0 Å². The average molecular weight is 312 g/mol. The maximum atomic E-state index is 11.9. The lowest BCUT2D eigenvalue weighted by molar-refractivity contribution is -0.140. The number of methoxy groups -OCH3 is 1. The molecule has 0 saturated heterocycles. The fourth-order valence-corrected chi connectivity index (χ4v) is 2.64. The summed E-state index contributed by atoms with van der Waals surface area (Å²) in [7, 11) is -2.36. The van der Waals surface area contributed by atoms with E-state index in [1.807, 2.05) is 6.07 Å². The van der Waals surface area contributed by atoms with Crippen LogP contribution < -0.4 is 9.46 Å². The number of hydrogen-bond acceptors (Lipinski definition) is 6. The Morgan fingerprint density at radius 3 is 2.76 bits per heavy atom. The first-order chi connectivity index (χ1) is 9.98. The number of nitrogens with one attached hydrogen (secondary N) is 1. The maximum absolute atomic E-state index is 11.9. The van der Waals surface area contributed by atoms with E-state index in [0.29, 0.717) is 0 Å². The summed E-state index contributed by atoms with van der Waals surface area (Å²) in [4.78, 5) is 10.9. The van der Waals surface area contributed by atoms with Crippen molar-refractivity contribution in [3.8, 4) is 11.8 Å². The topological polar surface area (TPSA) is 105 Å². The molecule has 7 nitrogen and oxygen atoms in total. The molecular formula is C13H16N2O5S. The van der Waals surface area contributed by atoms with Gasteiger partial charge in [-0.3, -0.25) is 9.52 Å². The molecule has 0 aromatic heterocycles. The second-order valence-electron chi connectivity index (χ2n) is 4.04. The number of nitrogens with zero attached hydrogens (tertiary/aromatic N) is 1. The second-order valence-corrected chi connectivity index (χ2v) is 5.89. The van der Waals surface area contributed by atoms with Crippen LogP contribution in [0.15, 0.2) is 24.3 Å². The van der Waals surface area contributed by atoms with E-state index in [2.05, 4.69) is 9.46 Å². The predicted octanol–water partition coefficient (Wildman–Crippen LogP) is 1.28. The lowest BCUT2D eigenvalue weighted by Gasteiger charge is -2.11. The standard InChI is InChI=1S/C13H16N2O5S/c1-19-13(16)7-4-10-21(17,18)15-11-5-2-3-6-12(11)20-9-8-14/h2-3,5-6,15H,4,7,9-10H2,1H3. The van der Waals surface area contributed by atoms with Crippen molar-refractivity contribution >= 4 is 21.7 Å². The molecular weight excluding hydrogens is 296 g/mol. The van der Waals surface area contributed by atoms with Gasteiger partial charge in [0, 0.05) is 6.42 Å². The lowest BCUT2D eigenvalue weighted by Crippen LogP contribution is -2.18. The molecule has 0 aliphatic carbocycles. The van der Waals surface area contributed by atoms with E-state index in [4.69, 9.17) is 10.00 Å². The number of hydrogen-bond donors (Lipinski definition) is 1. The van der Waals surface area contributed by atoms with Gasteiger partial charge in [-0.25, -0.2) is 8.42 Å². The van der Waals surface area contributed by atoms with Crippen molar-refractivity contribution in [1.29, 1.82) is 5.26 Å². The van der Waals surface area contributed by atoms with Gasteiger partial charge in [-0.1, -0.05) is 12.1 Å². The van der Waals surface area contributed by atoms with Gasteiger partial charge in [0.15, 0.2) is 6.61 Å². The normalized spacial score (nSPS) is 10.5. The summed E-state index contributed by atoms with van der Waals surface area (Å²) in [5.41, 5.74) is 0.255. The van der Waals surface area contributed by atoms with Crippen molar-refractivity contribution in [2.45, 2.75) is 12.8 Å². The Hall–Kier alpha value is -2.27. The SMILES string of the molecule is COC(=O)CCCS(=O)(=O)Nc1ccccc1OCC#N. The van der Waals surface area contributed by atoms with Crippen LogP contribution in [0, 0.1) is 11.3 Å². The maximum Gasteiger partial charge on any atom is 0.305 e. The largest absolute Gasteiger partial charge is 0.477 e. The first kappa shape index (κ1) is 16.8. The fourth-order valence-electron chi connectivity index (χ4n) is 1.51. The van der Waals surface area contributed by atoms with E-state index in [1.54, 1.807) is 18.2 Å². The summed E-state index contributed by atoms with van der Waals surface area (Å²) in [6.07, 6.45) is 0.188. The molecule has 0 radical (unpaired) electrons. The zero-order valence-corrected chi connectivity index (χ0v) is 12.4. The number of anilines is 1. The number of carbonyl (C=O) groups excluding carboxylic acids is 1. The molecule has 0 aliphatic heterocycles. The highest BCUT2D eigenvalue weighted by molar-refractivity contribution is 7.92. The summed E-state index contributed by atoms with van der Waals surface area (Å²) < 4.78 is 35.8. The lowest BCUT2D eigenvalue weighted by atomic mass is 10.3. The second kappa shape index (κ2) is 8.11. The number of rotatable bonds is 8. The molecule has 0 fully saturated rings. The van der Waals surface area contributed by atoms with Crippen LogP contribution in [0.1, 0.15) is 12.8 Å². The zero-order valence-electron chi connectivity index (χ0n) is 11.5. The third-order valence-electron chi connectivity index (χ3n) is 2.47. The average Bonchev–Trinajstić information content (AvgIpc) is 2.45. The number of para-hydroxylation sites is 2. The molecule has 0 aliphatic rings. The number of nitriles is 1. The molecule has 1 aromatic rings. The van der Waals surface area contributed by atoms with E-state index in [-0.39, 0.29) is 36.6 Å². The highest BCUT2D eigenvalue weighted by atomic mass is 32.2. The number of esters is 1. The van der Waals surface area contributed by atoms with Crippen molar-refractivity contribution in [2.24, 2.45) is 0 Å². The van der Waals surface area contributed by atoms with Gasteiger partial charge < -0.3 is 9.47 Å². The highest BCUT2D eigenvalue weighted by Gasteiger charge is 2.14. The van der Waals surface area contributed by atoms with Gasteiger partial charge in [-0.2, -0.15) is 5.26 Å². The molecule has 114 valence electrons. The molecule has 0 spiro atoms. The molecule has 0 saturated carbocycles. The van der Waals surface area contributed by atoms with Crippen LogP contribution in [-0.4, -0.2) is 33.9 Å². The molecule has 1 N–H and O–H groups in total. The Bertz CT molecular complexity index is 622. The van der Waals surface area contributed by atoms with Gasteiger partial charge in [0.25, 0.3) is 0 Å². The van der Waals surface area contributed by atoms with Crippen LogP contribution >= 0.6 is 0 Å². The molecule has 0 amide bonds. The molecule has 8 heteroatoms. The summed E-state index contributed by atoms with van der Waals surface area (Å²) >= 11 is 0. The Morgan fingerprint density at radius 1 is 1.38 bits per heavy atom. The Labute approximate surface area is 123 Å². The molecule has 0 heterocycles. The first-order valence-corrected chi connectivity index (χ1v) is 7.80. The Kier molecular flexibility index (Phi) is 6.49. The van der Waals surface area contributed by atoms with Gasteiger partial charge in [0.05, 0.1) is 18.6 Å². The molecule has 21 heavy (non-hydrogen) atoms. The quantitative estimate of drug-likeness (QED) is 0.725. The molecule has 0 unspecified atom stereocenters. The van der Waals surface area contributed by atoms with Crippen molar-refractivity contribution < 1.29 is 22.7 Å². The number of sulfonamides is 1. The van der Waals surface area contributed by atoms with Crippen LogP contribution in [0.5, 0.6) is 5.75 Å². The Morgan fingerprint density at radius 2 is 2.10 bits per heavy atom.